The molecule has 0 radical (unpaired) electrons. The van der Waals surface area contributed by atoms with Crippen LogP contribution in [0.15, 0.2) is 35.1 Å². The largest absolute Gasteiger partial charge is 0.461 e. The second kappa shape index (κ2) is 5.66. The van der Waals surface area contributed by atoms with Crippen LogP contribution in [-0.2, 0) is 0 Å². The van der Waals surface area contributed by atoms with E-state index in [-0.39, 0.29) is 5.78 Å². The highest BCUT2D eigenvalue weighted by Crippen LogP contribution is 2.09. The summed E-state index contributed by atoms with van der Waals surface area (Å²) in [7, 11) is 0. The Bertz CT molecular complexity index is 340. The van der Waals surface area contributed by atoms with Gasteiger partial charge in [-0.05, 0) is 32.9 Å². The lowest BCUT2D eigenvalue weighted by atomic mass is 10.3. The van der Waals surface area contributed by atoms with E-state index < -0.39 is 0 Å². The Labute approximate surface area is 97.0 Å². The molecule has 88 valence electrons. The van der Waals surface area contributed by atoms with Gasteiger partial charge >= 0.3 is 0 Å². The highest BCUT2D eigenvalue weighted by molar-refractivity contribution is 6.02. The average molecular weight is 222 g/mol. The van der Waals surface area contributed by atoms with Crippen LogP contribution in [0.4, 0.5) is 0 Å². The van der Waals surface area contributed by atoms with Gasteiger partial charge < -0.3 is 4.42 Å². The number of carbonyl (C=O) groups is 1. The van der Waals surface area contributed by atoms with Gasteiger partial charge in [0.25, 0.3) is 0 Å². The van der Waals surface area contributed by atoms with Crippen molar-refractivity contribution in [3.05, 3.63) is 36.4 Å². The molecular formula is C13H20NO2+. The summed E-state index contributed by atoms with van der Waals surface area (Å²) in [6.45, 7) is 9.39. The Balaban J connectivity index is 2.75. The normalized spacial score (nSPS) is 12.2. The van der Waals surface area contributed by atoms with Crippen LogP contribution < -0.4 is 0 Å². The first-order chi connectivity index (χ1) is 7.67. The van der Waals surface area contributed by atoms with Crippen LogP contribution in [0.3, 0.4) is 0 Å². The summed E-state index contributed by atoms with van der Waals surface area (Å²) in [6, 6.07) is 3.41. The number of allylic oxidation sites excluding steroid dienone is 1. The number of nitrogens with zero attached hydrogens (tertiary/aromatic N) is 1. The molecule has 1 heterocycles. The van der Waals surface area contributed by atoms with Crippen LogP contribution in [0.25, 0.3) is 0 Å². The van der Waals surface area contributed by atoms with Crippen molar-refractivity contribution >= 4 is 5.78 Å². The molecule has 3 nitrogen and oxygen atoms in total. The van der Waals surface area contributed by atoms with Crippen molar-refractivity contribution in [3.8, 4) is 0 Å². The number of hydrogen-bond donors (Lipinski definition) is 0. The summed E-state index contributed by atoms with van der Waals surface area (Å²) in [4.78, 5) is 11.7. The molecule has 0 saturated heterocycles. The van der Waals surface area contributed by atoms with E-state index in [2.05, 4.69) is 20.8 Å². The minimum Gasteiger partial charge on any atom is -0.461 e. The number of rotatable bonds is 6. The lowest BCUT2D eigenvalue weighted by Gasteiger charge is -2.31. The van der Waals surface area contributed by atoms with E-state index >= 15 is 0 Å². The monoisotopic (exact) mass is 222 g/mol. The highest BCUT2D eigenvalue weighted by atomic mass is 16.3. The third-order valence-electron chi connectivity index (χ3n) is 3.20. The minimum atomic E-state index is -0.0668. The van der Waals surface area contributed by atoms with Gasteiger partial charge in [-0.3, -0.25) is 9.28 Å². The first-order valence-corrected chi connectivity index (χ1v) is 5.80. The Hall–Kier alpha value is -1.35. The van der Waals surface area contributed by atoms with Gasteiger partial charge in [0.15, 0.2) is 5.76 Å². The first kappa shape index (κ1) is 12.7. The number of quaternary nitrogens is 1. The summed E-state index contributed by atoms with van der Waals surface area (Å²) < 4.78 is 5.88. The third kappa shape index (κ3) is 2.83. The molecule has 0 unspecified atom stereocenters. The van der Waals surface area contributed by atoms with Crippen molar-refractivity contribution in [2.45, 2.75) is 20.8 Å². The maximum Gasteiger partial charge on any atom is 0.226 e. The second-order valence-electron chi connectivity index (χ2n) is 3.82. The van der Waals surface area contributed by atoms with E-state index in [0.29, 0.717) is 5.76 Å². The number of carbonyl (C=O) groups excluding carboxylic acids is 1. The minimum absolute atomic E-state index is 0.0668. The van der Waals surface area contributed by atoms with E-state index in [4.69, 9.17) is 4.42 Å². The van der Waals surface area contributed by atoms with Crippen LogP contribution in [0.1, 0.15) is 31.3 Å². The van der Waals surface area contributed by atoms with Gasteiger partial charge in [0.2, 0.25) is 5.78 Å². The van der Waals surface area contributed by atoms with E-state index in [1.807, 2.05) is 6.20 Å². The SMILES string of the molecule is CC[N+](C=CC(=O)c1ccco1)(CC)CC. The summed E-state index contributed by atoms with van der Waals surface area (Å²) in [6.07, 6.45) is 5.11. The lowest BCUT2D eigenvalue weighted by molar-refractivity contribution is -0.874. The van der Waals surface area contributed by atoms with Crippen molar-refractivity contribution in [2.75, 3.05) is 19.6 Å². The predicted octanol–water partition coefficient (Wildman–Crippen LogP) is 2.85. The molecule has 0 aromatic carbocycles. The quantitative estimate of drug-likeness (QED) is 0.421. The van der Waals surface area contributed by atoms with Gasteiger partial charge in [-0.15, -0.1) is 0 Å². The molecule has 0 atom stereocenters. The van der Waals surface area contributed by atoms with Crippen LogP contribution in [0.2, 0.25) is 0 Å². The fraction of sp³-hybridized carbons (Fsp3) is 0.462. The fourth-order valence-electron chi connectivity index (χ4n) is 1.71. The van der Waals surface area contributed by atoms with E-state index in [1.165, 1.54) is 6.26 Å². The molecule has 0 aliphatic carbocycles. The van der Waals surface area contributed by atoms with Crippen LogP contribution in [0.5, 0.6) is 0 Å². The number of ketones is 1. The fourth-order valence-corrected chi connectivity index (χ4v) is 1.71. The van der Waals surface area contributed by atoms with E-state index in [1.54, 1.807) is 18.2 Å². The first-order valence-electron chi connectivity index (χ1n) is 5.80. The zero-order valence-electron chi connectivity index (χ0n) is 10.3. The number of furan rings is 1. The standard InChI is InChI=1S/C13H20NO2/c1-4-14(5-2,6-3)10-9-12(15)13-8-7-11-16-13/h7-11H,4-6H2,1-3H3/q+1. The van der Waals surface area contributed by atoms with Gasteiger partial charge in [-0.25, -0.2) is 0 Å². The molecule has 1 aromatic heterocycles. The topological polar surface area (TPSA) is 30.2 Å². The van der Waals surface area contributed by atoms with Crippen LogP contribution in [-0.4, -0.2) is 29.9 Å². The zero-order chi connectivity index (χ0) is 12.0. The Morgan fingerprint density at radius 3 is 2.38 bits per heavy atom. The summed E-state index contributed by atoms with van der Waals surface area (Å²) in [5.41, 5.74) is 0. The van der Waals surface area contributed by atoms with Gasteiger partial charge in [-0.2, -0.15) is 0 Å². The van der Waals surface area contributed by atoms with Crippen molar-refractivity contribution in [2.24, 2.45) is 0 Å². The Kier molecular flexibility index (Phi) is 4.50. The maximum absolute atomic E-state index is 11.7. The summed E-state index contributed by atoms with van der Waals surface area (Å²) in [5.74, 6) is 0.334. The van der Waals surface area contributed by atoms with Gasteiger partial charge in [0.05, 0.1) is 32.1 Å². The van der Waals surface area contributed by atoms with Crippen molar-refractivity contribution in [1.82, 2.24) is 0 Å². The molecule has 1 rings (SSSR count). The molecule has 3 heteroatoms. The average Bonchev–Trinajstić information content (AvgIpc) is 2.85. The van der Waals surface area contributed by atoms with Crippen molar-refractivity contribution < 1.29 is 13.7 Å². The van der Waals surface area contributed by atoms with E-state index in [9.17, 15) is 4.79 Å². The number of hydrogen-bond acceptors (Lipinski definition) is 2. The van der Waals surface area contributed by atoms with Gasteiger partial charge in [0, 0.05) is 6.08 Å². The smallest absolute Gasteiger partial charge is 0.226 e. The third-order valence-corrected chi connectivity index (χ3v) is 3.20. The molecule has 0 fully saturated rings. The molecule has 1 aromatic rings. The molecule has 0 spiro atoms. The highest BCUT2D eigenvalue weighted by Gasteiger charge is 2.18. The summed E-state index contributed by atoms with van der Waals surface area (Å²) in [5, 5.41) is 0. The second-order valence-corrected chi connectivity index (χ2v) is 3.82. The van der Waals surface area contributed by atoms with Crippen LogP contribution >= 0.6 is 0 Å². The summed E-state index contributed by atoms with van der Waals surface area (Å²) >= 11 is 0. The molecule has 0 N–H and O–H groups in total. The molecule has 0 bridgehead atoms. The molecule has 0 aliphatic rings. The maximum atomic E-state index is 11.7. The van der Waals surface area contributed by atoms with Gasteiger partial charge in [-0.1, -0.05) is 0 Å². The van der Waals surface area contributed by atoms with Crippen LogP contribution in [0, 0.1) is 0 Å². The molecule has 0 saturated carbocycles. The van der Waals surface area contributed by atoms with Crippen molar-refractivity contribution in [1.29, 1.82) is 0 Å². The lowest BCUT2D eigenvalue weighted by Crippen LogP contribution is -2.42. The molecule has 0 aliphatic heterocycles. The van der Waals surface area contributed by atoms with Gasteiger partial charge in [0.1, 0.15) is 0 Å². The van der Waals surface area contributed by atoms with Crippen molar-refractivity contribution in [3.63, 3.8) is 0 Å². The zero-order valence-corrected chi connectivity index (χ0v) is 10.3. The molecular weight excluding hydrogens is 202 g/mol. The predicted molar refractivity (Wildman–Crippen MR) is 64.1 cm³/mol. The Morgan fingerprint density at radius 2 is 1.94 bits per heavy atom. The molecule has 16 heavy (non-hydrogen) atoms. The van der Waals surface area contributed by atoms with E-state index in [0.717, 1.165) is 24.1 Å². The Morgan fingerprint density at radius 1 is 1.31 bits per heavy atom. The molecule has 0 amide bonds.